The van der Waals surface area contributed by atoms with Crippen molar-refractivity contribution < 1.29 is 0 Å². The van der Waals surface area contributed by atoms with Gasteiger partial charge in [-0.1, -0.05) is 19.8 Å². The molecule has 2 aliphatic carbocycles. The molecule has 0 aromatic heterocycles. The molecule has 0 spiro atoms. The Morgan fingerprint density at radius 1 is 1.13 bits per heavy atom. The number of thioether (sulfide) groups is 1. The van der Waals surface area contributed by atoms with Gasteiger partial charge in [0.05, 0.1) is 6.07 Å². The minimum atomic E-state index is -0.0124. The predicted octanol–water partition coefficient (Wildman–Crippen LogP) is 4.13. The quantitative estimate of drug-likeness (QED) is 0.702. The molecule has 0 radical (unpaired) electrons. The van der Waals surface area contributed by atoms with Gasteiger partial charge in [0, 0.05) is 5.25 Å². The molecule has 0 heterocycles. The molecule has 0 N–H and O–H groups in total. The van der Waals surface area contributed by atoms with E-state index < -0.39 is 0 Å². The maximum atomic E-state index is 9.42. The summed E-state index contributed by atoms with van der Waals surface area (Å²) in [6, 6.07) is 2.63. The summed E-state index contributed by atoms with van der Waals surface area (Å²) >= 11 is 2.02. The maximum Gasteiger partial charge on any atom is 0.103 e. The zero-order chi connectivity index (χ0) is 10.7. The number of hydrogen-bond donors (Lipinski definition) is 0. The number of nitrogens with zero attached hydrogens (tertiary/aromatic N) is 1. The van der Waals surface area contributed by atoms with E-state index in [4.69, 9.17) is 0 Å². The molecule has 0 aliphatic heterocycles. The van der Waals surface area contributed by atoms with Crippen molar-refractivity contribution in [2.75, 3.05) is 0 Å². The summed E-state index contributed by atoms with van der Waals surface area (Å²) in [6.07, 6.45) is 10.2. The predicted molar refractivity (Wildman–Crippen MR) is 65.8 cm³/mol. The van der Waals surface area contributed by atoms with Gasteiger partial charge in [0.2, 0.25) is 0 Å². The van der Waals surface area contributed by atoms with Crippen molar-refractivity contribution in [1.82, 2.24) is 0 Å². The Balaban J connectivity index is 1.93. The fourth-order valence-electron chi connectivity index (χ4n) is 2.81. The highest BCUT2D eigenvalue weighted by Crippen LogP contribution is 2.46. The largest absolute Gasteiger partial charge is 0.197 e. The van der Waals surface area contributed by atoms with Crippen molar-refractivity contribution in [3.05, 3.63) is 0 Å². The molecule has 2 rings (SSSR count). The summed E-state index contributed by atoms with van der Waals surface area (Å²) in [5.41, 5.74) is 0. The molecule has 2 fully saturated rings. The van der Waals surface area contributed by atoms with Crippen molar-refractivity contribution >= 4 is 11.8 Å². The van der Waals surface area contributed by atoms with Crippen molar-refractivity contribution in [2.24, 2.45) is 5.92 Å². The first kappa shape index (κ1) is 11.3. The summed E-state index contributed by atoms with van der Waals surface area (Å²) in [7, 11) is 0. The minimum absolute atomic E-state index is 0.0124. The van der Waals surface area contributed by atoms with Crippen molar-refractivity contribution in [1.29, 1.82) is 5.26 Å². The number of nitriles is 1. The topological polar surface area (TPSA) is 23.8 Å². The standard InChI is InChI=1S/C13H21NS/c1-11-6-8-13(10-14,9-7-11)15-12-4-2-3-5-12/h11-12H,2-9H2,1H3. The molecule has 0 saturated heterocycles. The molecule has 0 aromatic carbocycles. The van der Waals surface area contributed by atoms with E-state index in [0.717, 1.165) is 24.0 Å². The molecule has 0 unspecified atom stereocenters. The van der Waals surface area contributed by atoms with Crippen LogP contribution in [0.3, 0.4) is 0 Å². The van der Waals surface area contributed by atoms with Crippen LogP contribution in [0.1, 0.15) is 58.3 Å². The normalized spacial score (nSPS) is 37.7. The summed E-state index contributed by atoms with van der Waals surface area (Å²) in [6.45, 7) is 2.32. The first-order valence-electron chi connectivity index (χ1n) is 6.33. The lowest BCUT2D eigenvalue weighted by atomic mass is 9.83. The van der Waals surface area contributed by atoms with E-state index in [9.17, 15) is 5.26 Å². The van der Waals surface area contributed by atoms with Gasteiger partial charge < -0.3 is 0 Å². The Bertz CT molecular complexity index is 242. The molecule has 0 bridgehead atoms. The molecular weight excluding hydrogens is 202 g/mol. The van der Waals surface area contributed by atoms with E-state index in [1.807, 2.05) is 11.8 Å². The molecule has 1 nitrogen and oxygen atoms in total. The second kappa shape index (κ2) is 4.78. The molecule has 2 heteroatoms. The van der Waals surface area contributed by atoms with Crippen LogP contribution in [0, 0.1) is 17.2 Å². The summed E-state index contributed by atoms with van der Waals surface area (Å²) in [4.78, 5) is 0. The third-order valence-electron chi connectivity index (χ3n) is 3.98. The van der Waals surface area contributed by atoms with Gasteiger partial charge >= 0.3 is 0 Å². The van der Waals surface area contributed by atoms with Gasteiger partial charge in [0.1, 0.15) is 4.75 Å². The maximum absolute atomic E-state index is 9.42. The van der Waals surface area contributed by atoms with Crippen molar-refractivity contribution in [3.63, 3.8) is 0 Å². The van der Waals surface area contributed by atoms with Gasteiger partial charge in [-0.05, 0) is 44.4 Å². The van der Waals surface area contributed by atoms with Crippen LogP contribution in [0.15, 0.2) is 0 Å². The smallest absolute Gasteiger partial charge is 0.103 e. The Kier molecular flexibility index (Phi) is 3.61. The van der Waals surface area contributed by atoms with Gasteiger partial charge in [-0.25, -0.2) is 0 Å². The third-order valence-corrected chi connectivity index (χ3v) is 5.74. The zero-order valence-electron chi connectivity index (χ0n) is 9.67. The molecule has 0 amide bonds. The van der Waals surface area contributed by atoms with E-state index >= 15 is 0 Å². The molecule has 2 saturated carbocycles. The third kappa shape index (κ3) is 2.69. The first-order valence-corrected chi connectivity index (χ1v) is 7.21. The zero-order valence-corrected chi connectivity index (χ0v) is 10.5. The van der Waals surface area contributed by atoms with Gasteiger partial charge in [-0.3, -0.25) is 0 Å². The average Bonchev–Trinajstić information content (AvgIpc) is 2.75. The van der Waals surface area contributed by atoms with E-state index in [1.54, 1.807) is 0 Å². The molecule has 84 valence electrons. The van der Waals surface area contributed by atoms with Crippen molar-refractivity contribution in [2.45, 2.75) is 68.3 Å². The fourth-order valence-corrected chi connectivity index (χ4v) is 4.54. The van der Waals surface area contributed by atoms with Crippen molar-refractivity contribution in [3.8, 4) is 6.07 Å². The van der Waals surface area contributed by atoms with Gasteiger partial charge in [-0.15, -0.1) is 11.8 Å². The average molecular weight is 223 g/mol. The first-order chi connectivity index (χ1) is 7.24. The molecule has 0 aromatic rings. The van der Waals surface area contributed by atoms with Crippen LogP contribution in [0.4, 0.5) is 0 Å². The fraction of sp³-hybridized carbons (Fsp3) is 0.923. The Labute approximate surface area is 97.6 Å². The Morgan fingerprint density at radius 3 is 2.27 bits per heavy atom. The van der Waals surface area contributed by atoms with Gasteiger partial charge in [0.25, 0.3) is 0 Å². The monoisotopic (exact) mass is 223 g/mol. The molecule has 15 heavy (non-hydrogen) atoms. The van der Waals surface area contributed by atoms with Crippen LogP contribution in [-0.4, -0.2) is 10.00 Å². The summed E-state index contributed by atoms with van der Waals surface area (Å²) in [5.74, 6) is 0.843. The van der Waals surface area contributed by atoms with E-state index in [1.165, 1.54) is 38.5 Å². The second-order valence-corrected chi connectivity index (χ2v) is 7.00. The SMILES string of the molecule is CC1CCC(C#N)(SC2CCCC2)CC1. The highest BCUT2D eigenvalue weighted by molar-refractivity contribution is 8.01. The van der Waals surface area contributed by atoms with Crippen LogP contribution in [-0.2, 0) is 0 Å². The molecule has 0 atom stereocenters. The minimum Gasteiger partial charge on any atom is -0.197 e. The van der Waals surface area contributed by atoms with E-state index in [2.05, 4.69) is 13.0 Å². The van der Waals surface area contributed by atoms with E-state index in [-0.39, 0.29) is 4.75 Å². The van der Waals surface area contributed by atoms with E-state index in [0.29, 0.717) is 0 Å². The van der Waals surface area contributed by atoms with Gasteiger partial charge in [0.15, 0.2) is 0 Å². The lowest BCUT2D eigenvalue weighted by Gasteiger charge is -2.34. The van der Waals surface area contributed by atoms with Gasteiger partial charge in [-0.2, -0.15) is 5.26 Å². The number of rotatable bonds is 2. The van der Waals surface area contributed by atoms with Crippen LogP contribution < -0.4 is 0 Å². The van der Waals surface area contributed by atoms with Crippen LogP contribution in [0.5, 0.6) is 0 Å². The second-order valence-electron chi connectivity index (χ2n) is 5.31. The summed E-state index contributed by atoms with van der Waals surface area (Å²) < 4.78 is -0.0124. The lowest BCUT2D eigenvalue weighted by Crippen LogP contribution is -2.30. The highest BCUT2D eigenvalue weighted by atomic mass is 32.2. The Hall–Kier alpha value is -0.160. The molecule has 2 aliphatic rings. The van der Waals surface area contributed by atoms with Crippen LogP contribution in [0.2, 0.25) is 0 Å². The van der Waals surface area contributed by atoms with Crippen LogP contribution >= 0.6 is 11.8 Å². The van der Waals surface area contributed by atoms with Crippen LogP contribution in [0.25, 0.3) is 0 Å². The molecular formula is C13H21NS. The number of hydrogen-bond acceptors (Lipinski definition) is 2. The lowest BCUT2D eigenvalue weighted by molar-refractivity contribution is 0.357. The summed E-state index contributed by atoms with van der Waals surface area (Å²) in [5, 5.41) is 10.2. The highest BCUT2D eigenvalue weighted by Gasteiger charge is 2.37. The Morgan fingerprint density at radius 2 is 1.73 bits per heavy atom.